The molecule has 90 valence electrons. The molecule has 4 nitrogen and oxygen atoms in total. The summed E-state index contributed by atoms with van der Waals surface area (Å²) in [5, 5.41) is 11.2. The van der Waals surface area contributed by atoms with Gasteiger partial charge in [0.05, 0.1) is 0 Å². The summed E-state index contributed by atoms with van der Waals surface area (Å²) in [5.41, 5.74) is 2.92. The van der Waals surface area contributed by atoms with Crippen LogP contribution in [0.15, 0.2) is 29.8 Å². The summed E-state index contributed by atoms with van der Waals surface area (Å²) >= 11 is 0. The average Bonchev–Trinajstić information content (AvgIpc) is 2.14. The summed E-state index contributed by atoms with van der Waals surface area (Å²) in [5.74, 6) is -1.53. The largest absolute Gasteiger partial charge is 0.478 e. The maximum atomic E-state index is 11.6. The highest BCUT2D eigenvalue weighted by Gasteiger charge is 2.07. The van der Waals surface area contributed by atoms with Gasteiger partial charge in [0.2, 0.25) is 0 Å². The molecule has 1 amide bonds. The Labute approximate surface area is 100.0 Å². The lowest BCUT2D eigenvalue weighted by Gasteiger charge is -2.07. The Morgan fingerprint density at radius 2 is 1.71 bits per heavy atom. The number of aryl methyl sites for hydroxylation is 2. The Morgan fingerprint density at radius 3 is 2.18 bits per heavy atom. The van der Waals surface area contributed by atoms with E-state index in [1.165, 1.54) is 6.92 Å². The molecular weight excluding hydrogens is 218 g/mol. The molecule has 17 heavy (non-hydrogen) atoms. The van der Waals surface area contributed by atoms with E-state index in [4.69, 9.17) is 5.11 Å². The van der Waals surface area contributed by atoms with E-state index in [-0.39, 0.29) is 5.57 Å². The number of carbonyl (C=O) groups is 2. The average molecular weight is 233 g/mol. The third-order valence-corrected chi connectivity index (χ3v) is 2.18. The van der Waals surface area contributed by atoms with Crippen molar-refractivity contribution in [2.45, 2.75) is 20.8 Å². The van der Waals surface area contributed by atoms with Gasteiger partial charge in [0.1, 0.15) is 0 Å². The van der Waals surface area contributed by atoms with Gasteiger partial charge < -0.3 is 10.4 Å². The molecule has 0 radical (unpaired) electrons. The van der Waals surface area contributed by atoms with E-state index in [1.807, 2.05) is 32.0 Å². The summed E-state index contributed by atoms with van der Waals surface area (Å²) in [4.78, 5) is 22.0. The van der Waals surface area contributed by atoms with Gasteiger partial charge >= 0.3 is 5.97 Å². The van der Waals surface area contributed by atoms with Gasteiger partial charge in [-0.25, -0.2) is 4.79 Å². The molecule has 0 aliphatic carbocycles. The lowest BCUT2D eigenvalue weighted by atomic mass is 10.1. The van der Waals surface area contributed by atoms with E-state index in [0.29, 0.717) is 5.69 Å². The van der Waals surface area contributed by atoms with Crippen molar-refractivity contribution < 1.29 is 14.7 Å². The number of anilines is 1. The van der Waals surface area contributed by atoms with Crippen molar-refractivity contribution in [3.05, 3.63) is 41.0 Å². The van der Waals surface area contributed by atoms with Crippen LogP contribution in [0.1, 0.15) is 18.1 Å². The highest BCUT2D eigenvalue weighted by Crippen LogP contribution is 2.14. The maximum Gasteiger partial charge on any atom is 0.328 e. The molecule has 0 spiro atoms. The van der Waals surface area contributed by atoms with Crippen molar-refractivity contribution >= 4 is 17.6 Å². The topological polar surface area (TPSA) is 66.4 Å². The predicted octanol–water partition coefficient (Wildman–Crippen LogP) is 2.27. The molecule has 2 N–H and O–H groups in total. The van der Waals surface area contributed by atoms with Crippen molar-refractivity contribution in [2.75, 3.05) is 5.32 Å². The number of hydrogen-bond donors (Lipinski definition) is 2. The van der Waals surface area contributed by atoms with Crippen molar-refractivity contribution in [3.63, 3.8) is 0 Å². The van der Waals surface area contributed by atoms with E-state index in [1.54, 1.807) is 0 Å². The molecule has 4 heteroatoms. The quantitative estimate of drug-likeness (QED) is 0.787. The first-order valence-corrected chi connectivity index (χ1v) is 5.19. The smallest absolute Gasteiger partial charge is 0.328 e. The fourth-order valence-corrected chi connectivity index (χ4v) is 1.53. The highest BCUT2D eigenvalue weighted by molar-refractivity contribution is 6.06. The van der Waals surface area contributed by atoms with Crippen molar-refractivity contribution in [1.29, 1.82) is 0 Å². The van der Waals surface area contributed by atoms with E-state index < -0.39 is 11.9 Å². The Kier molecular flexibility index (Phi) is 4.04. The number of benzene rings is 1. The van der Waals surface area contributed by atoms with Crippen LogP contribution < -0.4 is 5.32 Å². The molecule has 0 aliphatic heterocycles. The minimum atomic E-state index is -1.13. The van der Waals surface area contributed by atoms with Gasteiger partial charge in [0.15, 0.2) is 0 Å². The number of aliphatic carboxylic acids is 1. The Morgan fingerprint density at radius 1 is 1.18 bits per heavy atom. The molecule has 1 rings (SSSR count). The van der Waals surface area contributed by atoms with E-state index >= 15 is 0 Å². The zero-order valence-corrected chi connectivity index (χ0v) is 10.1. The molecule has 0 fully saturated rings. The minimum Gasteiger partial charge on any atom is -0.478 e. The van der Waals surface area contributed by atoms with Crippen LogP contribution >= 0.6 is 0 Å². The number of carbonyl (C=O) groups excluding carboxylic acids is 1. The van der Waals surface area contributed by atoms with Gasteiger partial charge in [-0.15, -0.1) is 0 Å². The maximum absolute atomic E-state index is 11.6. The van der Waals surface area contributed by atoms with Gasteiger partial charge in [-0.2, -0.15) is 0 Å². The van der Waals surface area contributed by atoms with Gasteiger partial charge in [-0.1, -0.05) is 6.07 Å². The van der Waals surface area contributed by atoms with Crippen LogP contribution in [0, 0.1) is 13.8 Å². The van der Waals surface area contributed by atoms with Crippen molar-refractivity contribution in [2.24, 2.45) is 0 Å². The first kappa shape index (κ1) is 13.0. The Bertz CT molecular complexity index is 469. The lowest BCUT2D eigenvalue weighted by Crippen LogP contribution is -2.14. The molecule has 0 unspecified atom stereocenters. The fourth-order valence-electron chi connectivity index (χ4n) is 1.53. The van der Waals surface area contributed by atoms with E-state index in [9.17, 15) is 9.59 Å². The second-order valence-corrected chi connectivity index (χ2v) is 4.00. The monoisotopic (exact) mass is 233 g/mol. The Balaban J connectivity index is 2.84. The molecule has 0 bridgehead atoms. The Hall–Kier alpha value is -2.10. The standard InChI is InChI=1S/C13H15NO3/c1-8-4-9(2)6-11(5-8)14-13(17)10(3)7-12(15)16/h4-7H,1-3H3,(H,14,17)(H,15,16)/b10-7-. The third-order valence-electron chi connectivity index (χ3n) is 2.18. The van der Waals surface area contributed by atoms with Crippen LogP contribution in [0.25, 0.3) is 0 Å². The van der Waals surface area contributed by atoms with Crippen LogP contribution in [-0.4, -0.2) is 17.0 Å². The molecule has 0 saturated heterocycles. The van der Waals surface area contributed by atoms with Crippen LogP contribution in [0.5, 0.6) is 0 Å². The summed E-state index contributed by atoms with van der Waals surface area (Å²) < 4.78 is 0. The summed E-state index contributed by atoms with van der Waals surface area (Å²) in [6.07, 6.45) is 0.887. The fraction of sp³-hybridized carbons (Fsp3) is 0.231. The number of carboxylic acids is 1. The number of hydrogen-bond acceptors (Lipinski definition) is 2. The summed E-state index contributed by atoms with van der Waals surface area (Å²) in [6.45, 7) is 5.33. The molecule has 0 saturated carbocycles. The molecule has 0 aliphatic rings. The van der Waals surface area contributed by atoms with Crippen LogP contribution in [0.3, 0.4) is 0 Å². The first-order chi connectivity index (χ1) is 7.88. The number of rotatable bonds is 3. The minimum absolute atomic E-state index is 0.164. The highest BCUT2D eigenvalue weighted by atomic mass is 16.4. The number of amides is 1. The second kappa shape index (κ2) is 5.30. The van der Waals surface area contributed by atoms with Gasteiger partial charge in [0.25, 0.3) is 5.91 Å². The number of nitrogens with one attached hydrogen (secondary N) is 1. The van der Waals surface area contributed by atoms with Gasteiger partial charge in [0, 0.05) is 17.3 Å². The molecule has 1 aromatic carbocycles. The molecule has 0 aromatic heterocycles. The summed E-state index contributed by atoms with van der Waals surface area (Å²) in [7, 11) is 0. The van der Waals surface area contributed by atoms with E-state index in [2.05, 4.69) is 5.32 Å². The normalized spacial score (nSPS) is 11.1. The van der Waals surface area contributed by atoms with Gasteiger partial charge in [-0.3, -0.25) is 4.79 Å². The van der Waals surface area contributed by atoms with Crippen LogP contribution in [-0.2, 0) is 9.59 Å². The zero-order valence-electron chi connectivity index (χ0n) is 10.1. The first-order valence-electron chi connectivity index (χ1n) is 5.19. The molecule has 0 heterocycles. The molecule has 0 atom stereocenters. The second-order valence-electron chi connectivity index (χ2n) is 4.00. The number of carboxylic acid groups (broad SMARTS) is 1. The summed E-state index contributed by atoms with van der Waals surface area (Å²) in [6, 6.07) is 5.66. The van der Waals surface area contributed by atoms with Crippen molar-refractivity contribution in [1.82, 2.24) is 0 Å². The SMILES string of the molecule is C/C(=C/C(=O)O)C(=O)Nc1cc(C)cc(C)c1. The van der Waals surface area contributed by atoms with Crippen LogP contribution in [0.4, 0.5) is 5.69 Å². The van der Waals surface area contributed by atoms with Crippen LogP contribution in [0.2, 0.25) is 0 Å². The van der Waals surface area contributed by atoms with E-state index in [0.717, 1.165) is 17.2 Å². The lowest BCUT2D eigenvalue weighted by molar-refractivity contribution is -0.131. The third kappa shape index (κ3) is 4.10. The molecule has 1 aromatic rings. The molecular formula is C13H15NO3. The van der Waals surface area contributed by atoms with Crippen molar-refractivity contribution in [3.8, 4) is 0 Å². The zero-order chi connectivity index (χ0) is 13.0. The predicted molar refractivity (Wildman–Crippen MR) is 65.9 cm³/mol. The van der Waals surface area contributed by atoms with Gasteiger partial charge in [-0.05, 0) is 44.0 Å².